The second-order valence-corrected chi connectivity index (χ2v) is 6.96. The van der Waals surface area contributed by atoms with Crippen LogP contribution in [0.25, 0.3) is 22.4 Å². The number of fused-ring (bicyclic) bond motifs is 1. The van der Waals surface area contributed by atoms with E-state index in [2.05, 4.69) is 34.3 Å². The van der Waals surface area contributed by atoms with Crippen molar-refractivity contribution in [3.63, 3.8) is 0 Å². The first-order valence-corrected chi connectivity index (χ1v) is 8.76. The Morgan fingerprint density at radius 1 is 1.12 bits per heavy atom. The fourth-order valence-electron chi connectivity index (χ4n) is 3.66. The van der Waals surface area contributed by atoms with Crippen molar-refractivity contribution in [3.05, 3.63) is 36.4 Å². The third-order valence-electron chi connectivity index (χ3n) is 5.42. The van der Waals surface area contributed by atoms with E-state index in [0.717, 1.165) is 23.2 Å². The van der Waals surface area contributed by atoms with Gasteiger partial charge in [-0.3, -0.25) is 0 Å². The summed E-state index contributed by atoms with van der Waals surface area (Å²) in [5.74, 6) is 1.70. The number of nitrogens with one attached hydrogen (secondary N) is 1. The van der Waals surface area contributed by atoms with Crippen LogP contribution in [0.3, 0.4) is 0 Å². The zero-order chi connectivity index (χ0) is 17.4. The van der Waals surface area contributed by atoms with Crippen LogP contribution in [-0.4, -0.2) is 21.2 Å². The van der Waals surface area contributed by atoms with Crippen molar-refractivity contribution in [1.82, 2.24) is 15.1 Å². The molecule has 0 saturated heterocycles. The first kappa shape index (κ1) is 16.0. The largest absolute Gasteiger partial charge is 0.366 e. The van der Waals surface area contributed by atoms with Gasteiger partial charge in [-0.1, -0.05) is 31.8 Å². The third-order valence-corrected chi connectivity index (χ3v) is 5.42. The van der Waals surface area contributed by atoms with Crippen molar-refractivity contribution in [2.75, 3.05) is 5.32 Å². The van der Waals surface area contributed by atoms with Crippen molar-refractivity contribution in [1.29, 1.82) is 0 Å². The molecule has 1 aliphatic carbocycles. The minimum atomic E-state index is -0.281. The summed E-state index contributed by atoms with van der Waals surface area (Å²) in [5.41, 5.74) is 1.85. The first-order valence-electron chi connectivity index (χ1n) is 8.76. The lowest BCUT2D eigenvalue weighted by Crippen LogP contribution is -2.35. The molecule has 25 heavy (non-hydrogen) atoms. The van der Waals surface area contributed by atoms with Gasteiger partial charge in [0, 0.05) is 11.6 Å². The summed E-state index contributed by atoms with van der Waals surface area (Å²) in [6, 6.07) is 6.57. The fourth-order valence-corrected chi connectivity index (χ4v) is 3.66. The Kier molecular flexibility index (Phi) is 4.11. The van der Waals surface area contributed by atoms with Crippen LogP contribution in [0.2, 0.25) is 0 Å². The molecular weight excluding hydrogens is 319 g/mol. The molecule has 0 amide bonds. The number of halogens is 1. The molecule has 1 fully saturated rings. The zero-order valence-electron chi connectivity index (χ0n) is 14.4. The molecule has 1 aliphatic rings. The Morgan fingerprint density at radius 3 is 2.72 bits per heavy atom. The molecule has 3 atom stereocenters. The molecule has 1 N–H and O–H groups in total. The van der Waals surface area contributed by atoms with E-state index >= 15 is 0 Å². The van der Waals surface area contributed by atoms with Gasteiger partial charge in [-0.15, -0.1) is 0 Å². The quantitative estimate of drug-likeness (QED) is 0.751. The van der Waals surface area contributed by atoms with Crippen molar-refractivity contribution >= 4 is 16.9 Å². The molecule has 2 heterocycles. The molecule has 3 aromatic rings. The molecule has 6 heteroatoms. The second kappa shape index (κ2) is 6.43. The Bertz CT molecular complexity index is 877. The summed E-state index contributed by atoms with van der Waals surface area (Å²) in [4.78, 5) is 8.62. The van der Waals surface area contributed by atoms with Crippen LogP contribution >= 0.6 is 0 Å². The predicted molar refractivity (Wildman–Crippen MR) is 94.6 cm³/mol. The van der Waals surface area contributed by atoms with Crippen LogP contribution in [0.15, 0.2) is 35.1 Å². The van der Waals surface area contributed by atoms with E-state index in [1.54, 1.807) is 12.1 Å². The molecule has 4 rings (SSSR count). The standard InChI is InChI=1S/C19H21FN4O/c1-11-4-3-5-15(12(11)2)23-18-16-17(13-6-8-14(20)9-7-13)24-25-19(16)22-10-21-18/h6-12,15H,3-5H2,1-2H3,(H,21,22,23)/t11-,12-,15-/m1/s1. The van der Waals surface area contributed by atoms with Crippen LogP contribution in [-0.2, 0) is 0 Å². The van der Waals surface area contributed by atoms with Crippen LogP contribution in [0.1, 0.15) is 33.1 Å². The maximum absolute atomic E-state index is 13.2. The number of benzene rings is 1. The smallest absolute Gasteiger partial charge is 0.263 e. The summed E-state index contributed by atoms with van der Waals surface area (Å²) < 4.78 is 18.6. The Morgan fingerprint density at radius 2 is 1.92 bits per heavy atom. The number of aromatic nitrogens is 3. The summed E-state index contributed by atoms with van der Waals surface area (Å²) in [7, 11) is 0. The van der Waals surface area contributed by atoms with Gasteiger partial charge in [0.25, 0.3) is 5.71 Å². The highest BCUT2D eigenvalue weighted by molar-refractivity contribution is 5.97. The van der Waals surface area contributed by atoms with E-state index in [-0.39, 0.29) is 5.82 Å². The summed E-state index contributed by atoms with van der Waals surface area (Å²) in [5, 5.41) is 8.48. The van der Waals surface area contributed by atoms with Gasteiger partial charge in [0.05, 0.1) is 0 Å². The topological polar surface area (TPSA) is 63.8 Å². The minimum absolute atomic E-state index is 0.281. The normalized spacial score (nSPS) is 23.7. The molecular formula is C19H21FN4O. The number of nitrogens with zero attached hydrogens (tertiary/aromatic N) is 3. The van der Waals surface area contributed by atoms with Gasteiger partial charge < -0.3 is 9.84 Å². The van der Waals surface area contributed by atoms with E-state index in [0.29, 0.717) is 29.3 Å². The molecule has 0 radical (unpaired) electrons. The highest BCUT2D eigenvalue weighted by atomic mass is 19.1. The minimum Gasteiger partial charge on any atom is -0.366 e. The number of hydrogen-bond acceptors (Lipinski definition) is 5. The van der Waals surface area contributed by atoms with Crippen molar-refractivity contribution in [2.24, 2.45) is 11.8 Å². The maximum atomic E-state index is 13.2. The Hall–Kier alpha value is -2.50. The molecule has 0 aliphatic heterocycles. The Labute approximate surface area is 145 Å². The predicted octanol–water partition coefficient (Wildman–Crippen LogP) is 4.66. The van der Waals surface area contributed by atoms with Crippen molar-refractivity contribution in [3.8, 4) is 11.3 Å². The Balaban J connectivity index is 1.74. The SMILES string of the molecule is C[C@@H]1[C@H](C)CCC[C@H]1Nc1ncnc2onc(-c3ccc(F)cc3)c12. The van der Waals surface area contributed by atoms with Gasteiger partial charge in [0.15, 0.2) is 0 Å². The average Bonchev–Trinajstić information content (AvgIpc) is 3.05. The summed E-state index contributed by atoms with van der Waals surface area (Å²) in [6.07, 6.45) is 5.09. The number of rotatable bonds is 3. The fraction of sp³-hybridized carbons (Fsp3) is 0.421. The lowest BCUT2D eigenvalue weighted by Gasteiger charge is -2.35. The molecule has 0 spiro atoms. The van der Waals surface area contributed by atoms with Gasteiger partial charge >= 0.3 is 0 Å². The zero-order valence-corrected chi connectivity index (χ0v) is 14.4. The van der Waals surface area contributed by atoms with Crippen LogP contribution in [0.4, 0.5) is 10.2 Å². The van der Waals surface area contributed by atoms with Gasteiger partial charge in [-0.05, 0) is 42.5 Å². The molecule has 2 aromatic heterocycles. The molecule has 0 unspecified atom stereocenters. The number of anilines is 1. The lowest BCUT2D eigenvalue weighted by molar-refractivity contribution is 0.253. The van der Waals surface area contributed by atoms with E-state index in [4.69, 9.17) is 4.52 Å². The lowest BCUT2D eigenvalue weighted by atomic mass is 9.78. The van der Waals surface area contributed by atoms with E-state index in [9.17, 15) is 4.39 Å². The van der Waals surface area contributed by atoms with Crippen molar-refractivity contribution in [2.45, 2.75) is 39.2 Å². The summed E-state index contributed by atoms with van der Waals surface area (Å²) in [6.45, 7) is 4.59. The average molecular weight is 340 g/mol. The molecule has 1 saturated carbocycles. The van der Waals surface area contributed by atoms with Crippen molar-refractivity contribution < 1.29 is 8.91 Å². The molecule has 1 aromatic carbocycles. The van der Waals surface area contributed by atoms with Gasteiger partial charge in [-0.25, -0.2) is 9.37 Å². The second-order valence-electron chi connectivity index (χ2n) is 6.96. The molecule has 5 nitrogen and oxygen atoms in total. The molecule has 0 bridgehead atoms. The third kappa shape index (κ3) is 2.97. The molecule has 130 valence electrons. The number of hydrogen-bond donors (Lipinski definition) is 1. The first-order chi connectivity index (χ1) is 12.1. The van der Waals surface area contributed by atoms with E-state index in [1.807, 2.05) is 0 Å². The van der Waals surface area contributed by atoms with Crippen LogP contribution < -0.4 is 5.32 Å². The highest BCUT2D eigenvalue weighted by Gasteiger charge is 2.28. The van der Waals surface area contributed by atoms with Crippen LogP contribution in [0.5, 0.6) is 0 Å². The highest BCUT2D eigenvalue weighted by Crippen LogP contribution is 2.35. The monoisotopic (exact) mass is 340 g/mol. The van der Waals surface area contributed by atoms with Gasteiger partial charge in [0.1, 0.15) is 29.0 Å². The summed E-state index contributed by atoms with van der Waals surface area (Å²) >= 11 is 0. The van der Waals surface area contributed by atoms with E-state index in [1.165, 1.54) is 31.3 Å². The van der Waals surface area contributed by atoms with E-state index < -0.39 is 0 Å². The van der Waals surface area contributed by atoms with Gasteiger partial charge in [-0.2, -0.15) is 4.98 Å². The van der Waals surface area contributed by atoms with Gasteiger partial charge in [0.2, 0.25) is 0 Å². The maximum Gasteiger partial charge on any atom is 0.263 e. The van der Waals surface area contributed by atoms with Crippen LogP contribution in [0, 0.1) is 17.7 Å².